The Morgan fingerprint density at radius 1 is 1.12 bits per heavy atom. The zero-order valence-electron chi connectivity index (χ0n) is 9.08. The molecule has 0 aromatic carbocycles. The Morgan fingerprint density at radius 3 is 2.31 bits per heavy atom. The van der Waals surface area contributed by atoms with Crippen LogP contribution >= 0.6 is 0 Å². The van der Waals surface area contributed by atoms with Gasteiger partial charge in [0.1, 0.15) is 0 Å². The molecular weight excluding hydrogens is 214 g/mol. The fraction of sp³-hybridized carbons (Fsp3) is 0.750. The molecule has 16 heavy (non-hydrogen) atoms. The first-order chi connectivity index (χ1) is 7.66. The van der Waals surface area contributed by atoms with Gasteiger partial charge >= 0.3 is 0 Å². The van der Waals surface area contributed by atoms with E-state index in [0.717, 1.165) is 0 Å². The molecule has 0 heterocycles. The number of rotatable bonds is 8. The fourth-order valence-electron chi connectivity index (χ4n) is 0.814. The van der Waals surface area contributed by atoms with Crippen LogP contribution in [0.2, 0.25) is 0 Å². The highest BCUT2D eigenvalue weighted by Crippen LogP contribution is 1.77. The fourth-order valence-corrected chi connectivity index (χ4v) is 0.814. The highest BCUT2D eigenvalue weighted by atomic mass is 16.5. The highest BCUT2D eigenvalue weighted by molar-refractivity contribution is 5.94. The largest absolute Gasteiger partial charge is 0.394 e. The highest BCUT2D eigenvalue weighted by Gasteiger charge is 1.95. The molecule has 0 atom stereocenters. The molecule has 0 aliphatic carbocycles. The molecule has 7 N–H and O–H groups in total. The van der Waals surface area contributed by atoms with E-state index < -0.39 is 0 Å². The Labute approximate surface area is 94.1 Å². The summed E-state index contributed by atoms with van der Waals surface area (Å²) in [7, 11) is 0. The van der Waals surface area contributed by atoms with Gasteiger partial charge in [0, 0.05) is 6.54 Å². The molecule has 0 saturated carbocycles. The van der Waals surface area contributed by atoms with E-state index in [1.807, 2.05) is 0 Å². The van der Waals surface area contributed by atoms with Gasteiger partial charge in [-0.1, -0.05) is 0 Å². The molecule has 0 radical (unpaired) electrons. The maximum absolute atomic E-state index is 8.41. The number of aliphatic hydroxyl groups is 1. The van der Waals surface area contributed by atoms with E-state index in [0.29, 0.717) is 33.0 Å². The third-order valence-electron chi connectivity index (χ3n) is 1.42. The van der Waals surface area contributed by atoms with E-state index in [1.54, 1.807) is 0 Å². The minimum absolute atomic E-state index is 0.00936. The van der Waals surface area contributed by atoms with E-state index in [-0.39, 0.29) is 18.5 Å². The van der Waals surface area contributed by atoms with Crippen LogP contribution in [0.25, 0.3) is 0 Å². The summed E-state index contributed by atoms with van der Waals surface area (Å²) in [5, 5.41) is 27.4. The normalized spacial score (nSPS) is 9.81. The van der Waals surface area contributed by atoms with Crippen LogP contribution in [0.1, 0.15) is 0 Å². The lowest BCUT2D eigenvalue weighted by Gasteiger charge is -2.09. The predicted molar refractivity (Wildman–Crippen MR) is 59.5 cm³/mol. The Morgan fingerprint density at radius 2 is 1.75 bits per heavy atom. The number of ether oxygens (including phenoxy) is 2. The van der Waals surface area contributed by atoms with Crippen molar-refractivity contribution in [3.63, 3.8) is 0 Å². The minimum atomic E-state index is -0.282. The van der Waals surface area contributed by atoms with E-state index in [4.69, 9.17) is 31.1 Å². The van der Waals surface area contributed by atoms with Crippen molar-refractivity contribution in [2.45, 2.75) is 0 Å². The molecule has 0 aromatic rings. The molecule has 0 bridgehead atoms. The number of hydrogen-bond acceptors (Lipinski definition) is 5. The maximum atomic E-state index is 8.41. The molecule has 0 fully saturated rings. The van der Waals surface area contributed by atoms with Gasteiger partial charge in [0.05, 0.1) is 33.0 Å². The molecule has 0 spiro atoms. The van der Waals surface area contributed by atoms with Gasteiger partial charge < -0.3 is 25.6 Å². The smallest absolute Gasteiger partial charge is 0.195 e. The van der Waals surface area contributed by atoms with Gasteiger partial charge in [0.25, 0.3) is 0 Å². The Kier molecular flexibility index (Phi) is 9.27. The van der Waals surface area contributed by atoms with Gasteiger partial charge in [-0.2, -0.15) is 0 Å². The van der Waals surface area contributed by atoms with Crippen LogP contribution in [0.3, 0.4) is 0 Å². The number of hydrogen-bond donors (Lipinski definition) is 6. The topological polar surface area (TPSA) is 136 Å². The summed E-state index contributed by atoms with van der Waals surface area (Å²) in [5.41, 5.74) is 5.01. The minimum Gasteiger partial charge on any atom is -0.394 e. The summed E-state index contributed by atoms with van der Waals surface area (Å²) in [6.45, 7) is 2.06. The molecule has 0 rings (SSSR count). The predicted octanol–water partition coefficient (Wildman–Crippen LogP) is -1.98. The van der Waals surface area contributed by atoms with Crippen molar-refractivity contribution in [1.82, 2.24) is 10.6 Å². The molecular formula is C8H19N5O3. The SMILES string of the molecule is N=C(N)NC(=N)NCCOCCOCCO. The average molecular weight is 233 g/mol. The average Bonchev–Trinajstić information content (AvgIpc) is 2.21. The molecule has 94 valence electrons. The summed E-state index contributed by atoms with van der Waals surface area (Å²) in [4.78, 5) is 0. The second-order valence-electron chi connectivity index (χ2n) is 2.79. The second-order valence-corrected chi connectivity index (χ2v) is 2.79. The molecule has 0 saturated heterocycles. The van der Waals surface area contributed by atoms with Crippen LogP contribution < -0.4 is 16.4 Å². The van der Waals surface area contributed by atoms with Gasteiger partial charge in [-0.05, 0) is 0 Å². The lowest BCUT2D eigenvalue weighted by Crippen LogP contribution is -2.44. The van der Waals surface area contributed by atoms with E-state index in [2.05, 4.69) is 10.6 Å². The zero-order valence-corrected chi connectivity index (χ0v) is 9.08. The molecule has 0 aliphatic heterocycles. The van der Waals surface area contributed by atoms with E-state index in [9.17, 15) is 0 Å². The van der Waals surface area contributed by atoms with Crippen molar-refractivity contribution in [3.8, 4) is 0 Å². The zero-order chi connectivity index (χ0) is 12.2. The number of guanidine groups is 2. The molecule has 0 aliphatic rings. The van der Waals surface area contributed by atoms with Crippen molar-refractivity contribution in [2.24, 2.45) is 5.73 Å². The van der Waals surface area contributed by atoms with E-state index in [1.165, 1.54) is 0 Å². The first-order valence-electron chi connectivity index (χ1n) is 4.86. The third kappa shape index (κ3) is 10.7. The Bertz CT molecular complexity index is 212. The first-order valence-corrected chi connectivity index (χ1v) is 4.86. The van der Waals surface area contributed by atoms with Crippen LogP contribution in [-0.2, 0) is 9.47 Å². The molecule has 8 heteroatoms. The third-order valence-corrected chi connectivity index (χ3v) is 1.42. The van der Waals surface area contributed by atoms with Gasteiger partial charge in [-0.3, -0.25) is 16.1 Å². The quantitative estimate of drug-likeness (QED) is 0.163. The lowest BCUT2D eigenvalue weighted by atomic mass is 10.6. The van der Waals surface area contributed by atoms with Crippen molar-refractivity contribution < 1.29 is 14.6 Å². The Balaban J connectivity index is 3.14. The van der Waals surface area contributed by atoms with Gasteiger partial charge in [0.2, 0.25) is 0 Å². The standard InChI is InChI=1S/C8H19N5O3/c9-7(10)13-8(11)12-1-3-15-5-6-16-4-2-14/h14H,1-6H2,(H6,9,10,11,12,13). The van der Waals surface area contributed by atoms with Crippen LogP contribution in [0, 0.1) is 10.8 Å². The van der Waals surface area contributed by atoms with Crippen molar-refractivity contribution in [3.05, 3.63) is 0 Å². The van der Waals surface area contributed by atoms with Gasteiger partial charge in [0.15, 0.2) is 11.9 Å². The van der Waals surface area contributed by atoms with Crippen LogP contribution in [-0.4, -0.2) is 56.6 Å². The lowest BCUT2D eigenvalue weighted by molar-refractivity contribution is 0.0347. The first kappa shape index (κ1) is 14.6. The second kappa shape index (κ2) is 10.1. The van der Waals surface area contributed by atoms with Crippen LogP contribution in [0.4, 0.5) is 0 Å². The maximum Gasteiger partial charge on any atom is 0.195 e. The molecule has 8 nitrogen and oxygen atoms in total. The Hall–Kier alpha value is -1.38. The summed E-state index contributed by atoms with van der Waals surface area (Å²) in [6, 6.07) is 0. The molecule has 0 unspecified atom stereocenters. The molecule has 0 aromatic heterocycles. The number of nitrogens with two attached hydrogens (primary N) is 1. The summed E-state index contributed by atoms with van der Waals surface area (Å²) >= 11 is 0. The summed E-state index contributed by atoms with van der Waals surface area (Å²) in [5.74, 6) is -0.316. The monoisotopic (exact) mass is 233 g/mol. The summed E-state index contributed by atoms with van der Waals surface area (Å²) in [6.07, 6.45) is 0. The van der Waals surface area contributed by atoms with Crippen LogP contribution in [0.15, 0.2) is 0 Å². The van der Waals surface area contributed by atoms with Crippen molar-refractivity contribution in [1.29, 1.82) is 10.8 Å². The van der Waals surface area contributed by atoms with Crippen LogP contribution in [0.5, 0.6) is 0 Å². The summed E-state index contributed by atoms with van der Waals surface area (Å²) < 4.78 is 10.1. The number of aliphatic hydroxyl groups excluding tert-OH is 1. The van der Waals surface area contributed by atoms with E-state index >= 15 is 0 Å². The van der Waals surface area contributed by atoms with Crippen molar-refractivity contribution >= 4 is 11.9 Å². The number of nitrogens with one attached hydrogen (secondary N) is 4. The van der Waals surface area contributed by atoms with Gasteiger partial charge in [-0.15, -0.1) is 0 Å². The van der Waals surface area contributed by atoms with Gasteiger partial charge in [-0.25, -0.2) is 0 Å². The van der Waals surface area contributed by atoms with Crippen molar-refractivity contribution in [2.75, 3.05) is 39.6 Å². The molecule has 0 amide bonds.